The standard InChI is InChI=1S/C13H16N4OS/c1-9(13-15-4-5-19-13)7-17-12(18)6-11-3-2-10(14)8-16-11/h2-5,8-9H,6-7,14H2,1H3,(H,17,18). The second-order valence-electron chi connectivity index (χ2n) is 4.34. The lowest BCUT2D eigenvalue weighted by Crippen LogP contribution is -2.29. The van der Waals surface area contributed by atoms with E-state index in [-0.39, 0.29) is 18.2 Å². The molecule has 2 aromatic heterocycles. The molecule has 19 heavy (non-hydrogen) atoms. The first kappa shape index (κ1) is 13.5. The summed E-state index contributed by atoms with van der Waals surface area (Å²) in [7, 11) is 0. The molecule has 0 radical (unpaired) electrons. The summed E-state index contributed by atoms with van der Waals surface area (Å²) in [6.45, 7) is 2.63. The summed E-state index contributed by atoms with van der Waals surface area (Å²) >= 11 is 1.60. The van der Waals surface area contributed by atoms with Crippen molar-refractivity contribution < 1.29 is 4.79 Å². The van der Waals surface area contributed by atoms with Crippen molar-refractivity contribution in [3.63, 3.8) is 0 Å². The molecule has 0 aliphatic rings. The van der Waals surface area contributed by atoms with Crippen LogP contribution < -0.4 is 11.1 Å². The van der Waals surface area contributed by atoms with E-state index in [4.69, 9.17) is 5.73 Å². The first-order valence-corrected chi connectivity index (χ1v) is 6.89. The van der Waals surface area contributed by atoms with Gasteiger partial charge in [-0.15, -0.1) is 11.3 Å². The molecule has 0 aliphatic carbocycles. The topological polar surface area (TPSA) is 80.9 Å². The molecule has 0 fully saturated rings. The van der Waals surface area contributed by atoms with Gasteiger partial charge in [0.15, 0.2) is 0 Å². The maximum Gasteiger partial charge on any atom is 0.226 e. The van der Waals surface area contributed by atoms with Gasteiger partial charge in [-0.25, -0.2) is 4.98 Å². The van der Waals surface area contributed by atoms with Gasteiger partial charge in [0.05, 0.1) is 23.3 Å². The number of amides is 1. The van der Waals surface area contributed by atoms with Gasteiger partial charge in [-0.2, -0.15) is 0 Å². The van der Waals surface area contributed by atoms with Crippen molar-refractivity contribution in [2.75, 3.05) is 12.3 Å². The summed E-state index contributed by atoms with van der Waals surface area (Å²) in [5.74, 6) is 0.184. The summed E-state index contributed by atoms with van der Waals surface area (Å²) in [6.07, 6.45) is 3.60. The van der Waals surface area contributed by atoms with Crippen LogP contribution in [-0.4, -0.2) is 22.4 Å². The molecule has 100 valence electrons. The number of carbonyl (C=O) groups excluding carboxylic acids is 1. The molecule has 0 aromatic carbocycles. The molecule has 0 bridgehead atoms. The number of anilines is 1. The smallest absolute Gasteiger partial charge is 0.226 e. The lowest BCUT2D eigenvalue weighted by molar-refractivity contribution is -0.120. The molecule has 6 heteroatoms. The Labute approximate surface area is 115 Å². The number of carbonyl (C=O) groups is 1. The Morgan fingerprint density at radius 2 is 2.32 bits per heavy atom. The fraction of sp³-hybridized carbons (Fsp3) is 0.308. The highest BCUT2D eigenvalue weighted by molar-refractivity contribution is 7.09. The summed E-state index contributed by atoms with van der Waals surface area (Å²) < 4.78 is 0. The van der Waals surface area contributed by atoms with Crippen molar-refractivity contribution >= 4 is 22.9 Å². The third-order valence-electron chi connectivity index (χ3n) is 2.67. The van der Waals surface area contributed by atoms with Crippen LogP contribution >= 0.6 is 11.3 Å². The Kier molecular flexibility index (Phi) is 4.46. The van der Waals surface area contributed by atoms with Crippen LogP contribution in [-0.2, 0) is 11.2 Å². The number of thiazole rings is 1. The van der Waals surface area contributed by atoms with Gasteiger partial charge in [0.1, 0.15) is 0 Å². The van der Waals surface area contributed by atoms with E-state index >= 15 is 0 Å². The predicted molar refractivity (Wildman–Crippen MR) is 75.9 cm³/mol. The molecule has 1 unspecified atom stereocenters. The summed E-state index contributed by atoms with van der Waals surface area (Å²) in [6, 6.07) is 3.51. The van der Waals surface area contributed by atoms with Crippen LogP contribution in [0.15, 0.2) is 29.9 Å². The third kappa shape index (κ3) is 4.03. The molecule has 5 nitrogen and oxygen atoms in total. The first-order chi connectivity index (χ1) is 9.15. The molecule has 2 rings (SSSR count). The Balaban J connectivity index is 1.80. The highest BCUT2D eigenvalue weighted by atomic mass is 32.1. The van der Waals surface area contributed by atoms with Gasteiger partial charge in [0, 0.05) is 29.7 Å². The van der Waals surface area contributed by atoms with Crippen molar-refractivity contribution in [3.8, 4) is 0 Å². The highest BCUT2D eigenvalue weighted by Gasteiger charge is 2.10. The van der Waals surface area contributed by atoms with Crippen LogP contribution in [0.4, 0.5) is 5.69 Å². The quantitative estimate of drug-likeness (QED) is 0.869. The average Bonchev–Trinajstić information content (AvgIpc) is 2.93. The van der Waals surface area contributed by atoms with Crippen molar-refractivity contribution in [1.82, 2.24) is 15.3 Å². The zero-order valence-electron chi connectivity index (χ0n) is 10.7. The van der Waals surface area contributed by atoms with Gasteiger partial charge in [-0.05, 0) is 12.1 Å². The highest BCUT2D eigenvalue weighted by Crippen LogP contribution is 2.16. The number of nitrogens with one attached hydrogen (secondary N) is 1. The molecule has 1 amide bonds. The number of nitrogen functional groups attached to an aromatic ring is 1. The molecule has 0 aliphatic heterocycles. The van der Waals surface area contributed by atoms with Gasteiger partial charge < -0.3 is 11.1 Å². The molecule has 0 saturated carbocycles. The molecule has 0 saturated heterocycles. The van der Waals surface area contributed by atoms with Crippen LogP contribution in [0.2, 0.25) is 0 Å². The van der Waals surface area contributed by atoms with Crippen molar-refractivity contribution in [2.24, 2.45) is 0 Å². The SMILES string of the molecule is CC(CNC(=O)Cc1ccc(N)cn1)c1nccs1. The minimum Gasteiger partial charge on any atom is -0.397 e. The molecule has 3 N–H and O–H groups in total. The van der Waals surface area contributed by atoms with E-state index in [0.717, 1.165) is 5.01 Å². The molecule has 1 atom stereocenters. The Hall–Kier alpha value is -1.95. The summed E-state index contributed by atoms with van der Waals surface area (Å²) in [4.78, 5) is 20.1. The minimum atomic E-state index is -0.0410. The lowest BCUT2D eigenvalue weighted by Gasteiger charge is -2.09. The van der Waals surface area contributed by atoms with E-state index in [2.05, 4.69) is 15.3 Å². The Bertz CT molecular complexity index is 524. The second kappa shape index (κ2) is 6.29. The summed E-state index contributed by atoms with van der Waals surface area (Å²) in [5.41, 5.74) is 6.86. The number of pyridine rings is 1. The van der Waals surface area contributed by atoms with E-state index in [1.807, 2.05) is 12.3 Å². The van der Waals surface area contributed by atoms with Crippen LogP contribution in [0.5, 0.6) is 0 Å². The van der Waals surface area contributed by atoms with Crippen molar-refractivity contribution in [3.05, 3.63) is 40.6 Å². The van der Waals surface area contributed by atoms with E-state index in [1.165, 1.54) is 0 Å². The van der Waals surface area contributed by atoms with Crippen LogP contribution in [0, 0.1) is 0 Å². The Morgan fingerprint density at radius 1 is 1.47 bits per heavy atom. The normalized spacial score (nSPS) is 12.1. The van der Waals surface area contributed by atoms with Crippen molar-refractivity contribution in [2.45, 2.75) is 19.3 Å². The van der Waals surface area contributed by atoms with E-state index in [1.54, 1.807) is 35.9 Å². The fourth-order valence-electron chi connectivity index (χ4n) is 1.60. The van der Waals surface area contributed by atoms with E-state index in [9.17, 15) is 4.79 Å². The van der Waals surface area contributed by atoms with Crippen molar-refractivity contribution in [1.29, 1.82) is 0 Å². The predicted octanol–water partition coefficient (Wildman–Crippen LogP) is 1.58. The number of nitrogens with two attached hydrogens (primary N) is 1. The lowest BCUT2D eigenvalue weighted by atomic mass is 10.2. The van der Waals surface area contributed by atoms with Gasteiger partial charge >= 0.3 is 0 Å². The number of rotatable bonds is 5. The monoisotopic (exact) mass is 276 g/mol. The van der Waals surface area contributed by atoms with Gasteiger partial charge in [-0.1, -0.05) is 6.92 Å². The number of hydrogen-bond acceptors (Lipinski definition) is 5. The average molecular weight is 276 g/mol. The van der Waals surface area contributed by atoms with E-state index < -0.39 is 0 Å². The third-order valence-corrected chi connectivity index (χ3v) is 3.67. The molecular weight excluding hydrogens is 260 g/mol. The fourth-order valence-corrected chi connectivity index (χ4v) is 2.30. The maximum atomic E-state index is 11.8. The van der Waals surface area contributed by atoms with Crippen LogP contribution in [0.25, 0.3) is 0 Å². The molecule has 0 spiro atoms. The maximum absolute atomic E-state index is 11.8. The van der Waals surface area contributed by atoms with Crippen LogP contribution in [0.1, 0.15) is 23.5 Å². The zero-order valence-corrected chi connectivity index (χ0v) is 11.5. The van der Waals surface area contributed by atoms with Crippen LogP contribution in [0.3, 0.4) is 0 Å². The van der Waals surface area contributed by atoms with Gasteiger partial charge in [0.25, 0.3) is 0 Å². The second-order valence-corrected chi connectivity index (χ2v) is 5.26. The first-order valence-electron chi connectivity index (χ1n) is 6.01. The number of hydrogen-bond donors (Lipinski definition) is 2. The van der Waals surface area contributed by atoms with Gasteiger partial charge in [0.2, 0.25) is 5.91 Å². The number of nitrogens with zero attached hydrogens (tertiary/aromatic N) is 2. The minimum absolute atomic E-state index is 0.0410. The molecular formula is C13H16N4OS. The van der Waals surface area contributed by atoms with Gasteiger partial charge in [-0.3, -0.25) is 9.78 Å². The Morgan fingerprint density at radius 3 is 2.95 bits per heavy atom. The summed E-state index contributed by atoms with van der Waals surface area (Å²) in [5, 5.41) is 5.86. The van der Waals surface area contributed by atoms with E-state index in [0.29, 0.717) is 17.9 Å². The number of aromatic nitrogens is 2. The molecule has 2 heterocycles. The molecule has 2 aromatic rings. The largest absolute Gasteiger partial charge is 0.397 e. The zero-order chi connectivity index (χ0) is 13.7.